The molecule has 1 aliphatic rings. The van der Waals surface area contributed by atoms with Gasteiger partial charge in [0.25, 0.3) is 5.91 Å². The number of amides is 1. The number of nitrogens with one attached hydrogen (secondary N) is 1. The van der Waals surface area contributed by atoms with Gasteiger partial charge >= 0.3 is 0 Å². The number of hydrogen-bond acceptors (Lipinski definition) is 3. The first-order valence-electron chi connectivity index (χ1n) is 8.22. The molecule has 0 aliphatic carbocycles. The van der Waals surface area contributed by atoms with E-state index in [1.165, 1.54) is 6.92 Å². The monoisotopic (exact) mass is 323 g/mol. The molecule has 0 aromatic heterocycles. The van der Waals surface area contributed by atoms with Gasteiger partial charge in [0.2, 0.25) is 0 Å². The molecule has 0 radical (unpaired) electrons. The Labute approximate surface area is 141 Å². The number of ketones is 1. The maximum absolute atomic E-state index is 12.4. The number of hydrogen-bond donors (Lipinski definition) is 1. The zero-order valence-corrected chi connectivity index (χ0v) is 13.7. The highest BCUT2D eigenvalue weighted by Gasteiger charge is 2.25. The van der Waals surface area contributed by atoms with Crippen molar-refractivity contribution in [2.75, 3.05) is 6.61 Å². The lowest BCUT2D eigenvalue weighted by atomic mass is 9.97. The van der Waals surface area contributed by atoms with Crippen LogP contribution in [0.3, 0.4) is 0 Å². The molecule has 2 aromatic rings. The molecule has 0 spiro atoms. The van der Waals surface area contributed by atoms with Crippen molar-refractivity contribution in [3.8, 4) is 0 Å². The molecule has 1 saturated heterocycles. The molecule has 1 N–H and O–H groups in total. The molecule has 4 heteroatoms. The minimum atomic E-state index is -0.108. The van der Waals surface area contributed by atoms with E-state index in [0.717, 1.165) is 18.4 Å². The summed E-state index contributed by atoms with van der Waals surface area (Å²) in [5, 5.41) is 3.08. The molecule has 24 heavy (non-hydrogen) atoms. The van der Waals surface area contributed by atoms with Crippen LogP contribution in [0.2, 0.25) is 0 Å². The van der Waals surface area contributed by atoms with Crippen LogP contribution in [-0.2, 0) is 4.74 Å². The summed E-state index contributed by atoms with van der Waals surface area (Å²) in [6, 6.07) is 16.9. The summed E-state index contributed by atoms with van der Waals surface area (Å²) >= 11 is 0. The second-order valence-corrected chi connectivity index (χ2v) is 6.10. The first-order valence-corrected chi connectivity index (χ1v) is 8.22. The lowest BCUT2D eigenvalue weighted by molar-refractivity contribution is 0.000902. The van der Waals surface area contributed by atoms with Crippen molar-refractivity contribution in [3.05, 3.63) is 71.3 Å². The number of ether oxygens (including phenoxy) is 1. The molecule has 0 bridgehead atoms. The first-order chi connectivity index (χ1) is 11.6. The minimum Gasteiger partial charge on any atom is -0.373 e. The van der Waals surface area contributed by atoms with Gasteiger partial charge in [0, 0.05) is 23.8 Å². The van der Waals surface area contributed by atoms with Crippen LogP contribution in [0.5, 0.6) is 0 Å². The van der Waals surface area contributed by atoms with Crippen molar-refractivity contribution in [3.63, 3.8) is 0 Å². The molecule has 1 heterocycles. The zero-order chi connectivity index (χ0) is 16.9. The topological polar surface area (TPSA) is 55.4 Å². The van der Waals surface area contributed by atoms with E-state index in [1.807, 2.05) is 18.2 Å². The molecule has 1 fully saturated rings. The molecule has 1 amide bonds. The van der Waals surface area contributed by atoms with Crippen LogP contribution in [0.4, 0.5) is 0 Å². The summed E-state index contributed by atoms with van der Waals surface area (Å²) in [6.45, 7) is 2.15. The van der Waals surface area contributed by atoms with Gasteiger partial charge in [-0.3, -0.25) is 9.59 Å². The minimum absolute atomic E-state index is 0.00269. The van der Waals surface area contributed by atoms with Crippen LogP contribution < -0.4 is 5.32 Å². The van der Waals surface area contributed by atoms with Gasteiger partial charge in [-0.05, 0) is 37.5 Å². The van der Waals surface area contributed by atoms with Crippen molar-refractivity contribution >= 4 is 11.7 Å². The molecule has 2 atom stereocenters. The van der Waals surface area contributed by atoms with Gasteiger partial charge in [-0.1, -0.05) is 42.5 Å². The van der Waals surface area contributed by atoms with Crippen LogP contribution in [0.1, 0.15) is 52.1 Å². The third-order valence-electron chi connectivity index (χ3n) is 4.34. The summed E-state index contributed by atoms with van der Waals surface area (Å²) in [5.41, 5.74) is 2.33. The fourth-order valence-corrected chi connectivity index (χ4v) is 2.95. The quantitative estimate of drug-likeness (QED) is 0.876. The van der Waals surface area contributed by atoms with Gasteiger partial charge in [0.1, 0.15) is 0 Å². The Hall–Kier alpha value is -2.46. The van der Waals surface area contributed by atoms with Gasteiger partial charge in [0.05, 0.1) is 6.10 Å². The predicted octanol–water partition coefficient (Wildman–Crippen LogP) is 3.54. The van der Waals surface area contributed by atoms with E-state index in [4.69, 9.17) is 4.74 Å². The Morgan fingerprint density at radius 2 is 1.67 bits per heavy atom. The van der Waals surface area contributed by atoms with Crippen molar-refractivity contribution in [1.29, 1.82) is 0 Å². The van der Waals surface area contributed by atoms with Crippen LogP contribution in [0.25, 0.3) is 0 Å². The molecule has 2 aromatic carbocycles. The molecule has 124 valence electrons. The summed E-state index contributed by atoms with van der Waals surface area (Å²) in [4.78, 5) is 23.7. The van der Waals surface area contributed by atoms with E-state index >= 15 is 0 Å². The third-order valence-corrected chi connectivity index (χ3v) is 4.34. The summed E-state index contributed by atoms with van der Waals surface area (Å²) in [6.07, 6.45) is 1.59. The van der Waals surface area contributed by atoms with E-state index in [9.17, 15) is 9.59 Å². The Balaban J connectivity index is 1.62. The Bertz CT molecular complexity index is 709. The van der Waals surface area contributed by atoms with Crippen molar-refractivity contribution < 1.29 is 14.3 Å². The third kappa shape index (κ3) is 3.89. The smallest absolute Gasteiger partial charge is 0.251 e. The van der Waals surface area contributed by atoms with Crippen LogP contribution >= 0.6 is 0 Å². The van der Waals surface area contributed by atoms with Gasteiger partial charge in [0.15, 0.2) is 5.78 Å². The Morgan fingerprint density at radius 1 is 1.00 bits per heavy atom. The zero-order valence-electron chi connectivity index (χ0n) is 13.7. The largest absolute Gasteiger partial charge is 0.373 e. The number of benzene rings is 2. The Morgan fingerprint density at radius 3 is 2.33 bits per heavy atom. The second kappa shape index (κ2) is 7.41. The summed E-state index contributed by atoms with van der Waals surface area (Å²) < 4.78 is 5.83. The predicted molar refractivity (Wildman–Crippen MR) is 92.1 cm³/mol. The molecule has 0 unspecified atom stereocenters. The number of rotatable bonds is 4. The van der Waals surface area contributed by atoms with E-state index in [0.29, 0.717) is 17.7 Å². The molecule has 0 saturated carbocycles. The van der Waals surface area contributed by atoms with Crippen molar-refractivity contribution in [2.45, 2.75) is 31.9 Å². The maximum Gasteiger partial charge on any atom is 0.251 e. The summed E-state index contributed by atoms with van der Waals surface area (Å²) in [7, 11) is 0. The van der Waals surface area contributed by atoms with Gasteiger partial charge < -0.3 is 10.1 Å². The number of carbonyl (C=O) groups is 2. The average Bonchev–Trinajstić information content (AvgIpc) is 2.63. The SMILES string of the molecule is CC(=O)c1ccc(C(=O)N[C@@H]2CCO[C@H](c3ccccc3)C2)cc1. The maximum atomic E-state index is 12.4. The van der Waals surface area contributed by atoms with Crippen molar-refractivity contribution in [1.82, 2.24) is 5.32 Å². The average molecular weight is 323 g/mol. The molecule has 4 nitrogen and oxygen atoms in total. The van der Waals surface area contributed by atoms with E-state index in [1.54, 1.807) is 24.3 Å². The van der Waals surface area contributed by atoms with Gasteiger partial charge in [-0.15, -0.1) is 0 Å². The highest BCUT2D eigenvalue weighted by atomic mass is 16.5. The molecular formula is C20H21NO3. The second-order valence-electron chi connectivity index (χ2n) is 6.10. The van der Waals surface area contributed by atoms with E-state index < -0.39 is 0 Å². The van der Waals surface area contributed by atoms with E-state index in [-0.39, 0.29) is 23.8 Å². The Kier molecular flexibility index (Phi) is 5.06. The van der Waals surface area contributed by atoms with Gasteiger partial charge in [-0.25, -0.2) is 0 Å². The molecular weight excluding hydrogens is 302 g/mol. The molecule has 1 aliphatic heterocycles. The first kappa shape index (κ1) is 16.4. The van der Waals surface area contributed by atoms with Crippen LogP contribution in [0.15, 0.2) is 54.6 Å². The number of Topliss-reactive ketones (excluding diaryl/α,β-unsaturated/α-hetero) is 1. The lowest BCUT2D eigenvalue weighted by Gasteiger charge is -2.30. The van der Waals surface area contributed by atoms with Gasteiger partial charge in [-0.2, -0.15) is 0 Å². The van der Waals surface area contributed by atoms with Crippen LogP contribution in [-0.4, -0.2) is 24.3 Å². The number of carbonyl (C=O) groups excluding carboxylic acids is 2. The standard InChI is InChI=1S/C20H21NO3/c1-14(22)15-7-9-17(10-8-15)20(23)21-18-11-12-24-19(13-18)16-5-3-2-4-6-16/h2-10,18-19H,11-13H2,1H3,(H,21,23)/t18-,19+/m1/s1. The fourth-order valence-electron chi connectivity index (χ4n) is 2.95. The normalized spacial score (nSPS) is 20.4. The molecule has 3 rings (SSSR count). The lowest BCUT2D eigenvalue weighted by Crippen LogP contribution is -2.39. The summed E-state index contributed by atoms with van der Waals surface area (Å²) in [5.74, 6) is -0.110. The fraction of sp³-hybridized carbons (Fsp3) is 0.300. The van der Waals surface area contributed by atoms with E-state index in [2.05, 4.69) is 17.4 Å². The highest BCUT2D eigenvalue weighted by Crippen LogP contribution is 2.28. The van der Waals surface area contributed by atoms with Crippen LogP contribution in [0, 0.1) is 0 Å². The highest BCUT2D eigenvalue weighted by molar-refractivity contribution is 5.97. The van der Waals surface area contributed by atoms with Crippen molar-refractivity contribution in [2.24, 2.45) is 0 Å².